The van der Waals surface area contributed by atoms with Crippen LogP contribution in [-0.4, -0.2) is 41.3 Å². The predicted octanol–water partition coefficient (Wildman–Crippen LogP) is 0.842. The van der Waals surface area contributed by atoms with Crippen LogP contribution in [0.15, 0.2) is 4.47 Å². The first-order valence-corrected chi connectivity index (χ1v) is 6.47. The molecule has 1 rings (SSSR count). The lowest BCUT2D eigenvalue weighted by atomic mass is 10.3. The highest BCUT2D eigenvalue weighted by molar-refractivity contribution is 9.10. The first-order valence-electron chi connectivity index (χ1n) is 5.68. The molecule has 1 aromatic rings. The molecule has 0 aliphatic rings. The summed E-state index contributed by atoms with van der Waals surface area (Å²) in [6, 6.07) is 0. The molecule has 0 aliphatic carbocycles. The van der Waals surface area contributed by atoms with Crippen molar-refractivity contribution in [3.05, 3.63) is 15.9 Å². The molecule has 0 spiro atoms. The molecule has 2 N–H and O–H groups in total. The summed E-state index contributed by atoms with van der Waals surface area (Å²) in [6.45, 7) is 3.60. The third kappa shape index (κ3) is 4.06. The smallest absolute Gasteiger partial charge is 0.0897 e. The first-order chi connectivity index (χ1) is 8.10. The third-order valence-electron chi connectivity index (χ3n) is 2.53. The number of aliphatic hydroxyl groups is 1. The van der Waals surface area contributed by atoms with Crippen molar-refractivity contribution in [1.29, 1.82) is 0 Å². The SMILES string of the molecule is CCc1nn(C)c(CNCC(O)COC)c1Br. The number of ether oxygens (including phenoxy) is 1. The molecule has 1 unspecified atom stereocenters. The highest BCUT2D eigenvalue weighted by Crippen LogP contribution is 2.21. The molecule has 0 saturated heterocycles. The normalized spacial score (nSPS) is 13.0. The van der Waals surface area contributed by atoms with E-state index in [1.807, 2.05) is 11.7 Å². The van der Waals surface area contributed by atoms with Gasteiger partial charge < -0.3 is 15.2 Å². The summed E-state index contributed by atoms with van der Waals surface area (Å²) in [6.07, 6.45) is 0.429. The highest BCUT2D eigenvalue weighted by Gasteiger charge is 2.12. The molecule has 17 heavy (non-hydrogen) atoms. The Morgan fingerprint density at radius 3 is 2.82 bits per heavy atom. The molecule has 1 aromatic heterocycles. The van der Waals surface area contributed by atoms with E-state index in [2.05, 4.69) is 33.3 Å². The van der Waals surface area contributed by atoms with Crippen LogP contribution in [-0.2, 0) is 24.8 Å². The Bertz CT molecular complexity index is 355. The van der Waals surface area contributed by atoms with E-state index in [0.717, 1.165) is 22.3 Å². The van der Waals surface area contributed by atoms with Crippen molar-refractivity contribution in [2.75, 3.05) is 20.3 Å². The summed E-state index contributed by atoms with van der Waals surface area (Å²) in [5.41, 5.74) is 2.15. The summed E-state index contributed by atoms with van der Waals surface area (Å²) in [7, 11) is 3.50. The second-order valence-corrected chi connectivity index (χ2v) is 4.72. The van der Waals surface area contributed by atoms with Crippen LogP contribution in [0.3, 0.4) is 0 Å². The second kappa shape index (κ2) is 7.10. The number of halogens is 1. The van der Waals surface area contributed by atoms with Gasteiger partial charge in [0.05, 0.1) is 28.6 Å². The van der Waals surface area contributed by atoms with Gasteiger partial charge in [0.15, 0.2) is 0 Å². The van der Waals surface area contributed by atoms with E-state index in [9.17, 15) is 5.11 Å². The van der Waals surface area contributed by atoms with Gasteiger partial charge in [-0.3, -0.25) is 4.68 Å². The molecular formula is C11H20BrN3O2. The Kier molecular flexibility index (Phi) is 6.11. The van der Waals surface area contributed by atoms with Gasteiger partial charge in [0, 0.05) is 27.2 Å². The van der Waals surface area contributed by atoms with Gasteiger partial charge in [0.1, 0.15) is 0 Å². The van der Waals surface area contributed by atoms with Crippen molar-refractivity contribution in [3.63, 3.8) is 0 Å². The second-order valence-electron chi connectivity index (χ2n) is 3.92. The zero-order valence-electron chi connectivity index (χ0n) is 10.5. The maximum Gasteiger partial charge on any atom is 0.0897 e. The van der Waals surface area contributed by atoms with Crippen LogP contribution in [0.2, 0.25) is 0 Å². The monoisotopic (exact) mass is 305 g/mol. The molecule has 0 fully saturated rings. The Morgan fingerprint density at radius 2 is 2.29 bits per heavy atom. The molecule has 98 valence electrons. The number of aromatic nitrogens is 2. The lowest BCUT2D eigenvalue weighted by Gasteiger charge is -2.11. The number of hydrogen-bond acceptors (Lipinski definition) is 4. The van der Waals surface area contributed by atoms with Crippen LogP contribution in [0.5, 0.6) is 0 Å². The maximum absolute atomic E-state index is 9.50. The van der Waals surface area contributed by atoms with Gasteiger partial charge in [-0.1, -0.05) is 6.92 Å². The van der Waals surface area contributed by atoms with Gasteiger partial charge in [-0.05, 0) is 22.4 Å². The Morgan fingerprint density at radius 1 is 1.59 bits per heavy atom. The van der Waals surface area contributed by atoms with Crippen LogP contribution in [0.4, 0.5) is 0 Å². The fourth-order valence-electron chi connectivity index (χ4n) is 1.62. The predicted molar refractivity (Wildman–Crippen MR) is 69.9 cm³/mol. The largest absolute Gasteiger partial charge is 0.389 e. The van der Waals surface area contributed by atoms with E-state index in [0.29, 0.717) is 19.7 Å². The van der Waals surface area contributed by atoms with Gasteiger partial charge in [-0.2, -0.15) is 5.10 Å². The number of nitrogens with zero attached hydrogens (tertiary/aromatic N) is 2. The van der Waals surface area contributed by atoms with Gasteiger partial charge >= 0.3 is 0 Å². The van der Waals surface area contributed by atoms with E-state index in [1.165, 1.54) is 0 Å². The molecule has 1 heterocycles. The van der Waals surface area contributed by atoms with Gasteiger partial charge in [-0.15, -0.1) is 0 Å². The zero-order chi connectivity index (χ0) is 12.8. The minimum absolute atomic E-state index is 0.347. The molecule has 0 bridgehead atoms. The van der Waals surface area contributed by atoms with E-state index >= 15 is 0 Å². The van der Waals surface area contributed by atoms with Gasteiger partial charge in [-0.25, -0.2) is 0 Å². The van der Waals surface area contributed by atoms with E-state index < -0.39 is 6.10 Å². The molecule has 0 aliphatic heterocycles. The number of aliphatic hydroxyl groups excluding tert-OH is 1. The van der Waals surface area contributed by atoms with Crippen LogP contribution in [0.1, 0.15) is 18.3 Å². The van der Waals surface area contributed by atoms with Crippen molar-refractivity contribution in [2.24, 2.45) is 7.05 Å². The molecule has 0 saturated carbocycles. The zero-order valence-corrected chi connectivity index (χ0v) is 12.1. The average molecular weight is 306 g/mol. The molecule has 0 amide bonds. The topological polar surface area (TPSA) is 59.3 Å². The Hall–Kier alpha value is -0.430. The average Bonchev–Trinajstić information content (AvgIpc) is 2.56. The summed E-state index contributed by atoms with van der Waals surface area (Å²) in [5.74, 6) is 0. The van der Waals surface area contributed by atoms with Crippen molar-refractivity contribution in [2.45, 2.75) is 26.0 Å². The Labute approximate surface area is 110 Å². The first kappa shape index (κ1) is 14.6. The number of methoxy groups -OCH3 is 1. The maximum atomic E-state index is 9.50. The van der Waals surface area contributed by atoms with Crippen molar-refractivity contribution >= 4 is 15.9 Å². The summed E-state index contributed by atoms with van der Waals surface area (Å²) < 4.78 is 7.77. The van der Waals surface area contributed by atoms with Crippen molar-refractivity contribution in [3.8, 4) is 0 Å². The molecule has 6 heteroatoms. The number of aryl methyl sites for hydroxylation is 2. The van der Waals surface area contributed by atoms with Gasteiger partial charge in [0.25, 0.3) is 0 Å². The van der Waals surface area contributed by atoms with Crippen LogP contribution in [0, 0.1) is 0 Å². The van der Waals surface area contributed by atoms with Crippen LogP contribution >= 0.6 is 15.9 Å². The Balaban J connectivity index is 2.49. The molecular weight excluding hydrogens is 286 g/mol. The quantitative estimate of drug-likeness (QED) is 0.784. The van der Waals surface area contributed by atoms with E-state index in [4.69, 9.17) is 4.74 Å². The molecule has 0 radical (unpaired) electrons. The van der Waals surface area contributed by atoms with Crippen molar-refractivity contribution < 1.29 is 9.84 Å². The summed E-state index contributed by atoms with van der Waals surface area (Å²) in [5, 5.41) is 17.1. The fourth-order valence-corrected chi connectivity index (χ4v) is 2.38. The third-order valence-corrected chi connectivity index (χ3v) is 3.45. The van der Waals surface area contributed by atoms with Crippen LogP contribution in [0.25, 0.3) is 0 Å². The lowest BCUT2D eigenvalue weighted by Crippen LogP contribution is -2.30. The number of rotatable bonds is 7. The van der Waals surface area contributed by atoms with E-state index in [1.54, 1.807) is 7.11 Å². The number of nitrogens with one attached hydrogen (secondary N) is 1. The molecule has 5 nitrogen and oxygen atoms in total. The summed E-state index contributed by atoms with van der Waals surface area (Å²) in [4.78, 5) is 0. The van der Waals surface area contributed by atoms with Crippen molar-refractivity contribution in [1.82, 2.24) is 15.1 Å². The minimum atomic E-state index is -0.474. The van der Waals surface area contributed by atoms with Gasteiger partial charge in [0.2, 0.25) is 0 Å². The summed E-state index contributed by atoms with van der Waals surface area (Å²) >= 11 is 3.55. The fraction of sp³-hybridized carbons (Fsp3) is 0.727. The number of hydrogen-bond donors (Lipinski definition) is 2. The highest BCUT2D eigenvalue weighted by atomic mass is 79.9. The minimum Gasteiger partial charge on any atom is -0.389 e. The molecule has 0 aromatic carbocycles. The standard InChI is InChI=1S/C11H20BrN3O2/c1-4-9-11(12)10(15(2)14-9)6-13-5-8(16)7-17-3/h8,13,16H,4-7H2,1-3H3. The molecule has 1 atom stereocenters. The van der Waals surface area contributed by atoms with Crippen LogP contribution < -0.4 is 5.32 Å². The van der Waals surface area contributed by atoms with E-state index in [-0.39, 0.29) is 0 Å². The lowest BCUT2D eigenvalue weighted by molar-refractivity contribution is 0.0643.